The van der Waals surface area contributed by atoms with Gasteiger partial charge in [0.25, 0.3) is 0 Å². The maximum atomic E-state index is 2.62. The van der Waals surface area contributed by atoms with Gasteiger partial charge in [0, 0.05) is 0 Å². The van der Waals surface area contributed by atoms with Gasteiger partial charge < -0.3 is 0 Å². The summed E-state index contributed by atoms with van der Waals surface area (Å²) < 4.78 is 0. The molecule has 0 fully saturated rings. The highest BCUT2D eigenvalue weighted by Crippen LogP contribution is 2.49. The lowest BCUT2D eigenvalue weighted by Crippen LogP contribution is -2.33. The van der Waals surface area contributed by atoms with Crippen molar-refractivity contribution >= 4 is 0 Å². The molecule has 0 nitrogen and oxygen atoms in total. The summed E-state index contributed by atoms with van der Waals surface area (Å²) in [5, 5.41) is 0. The monoisotopic (exact) mass is 533 g/mol. The highest BCUT2D eigenvalue weighted by molar-refractivity contribution is 5.57. The van der Waals surface area contributed by atoms with Gasteiger partial charge in [0.1, 0.15) is 0 Å². The SMILES string of the molecule is CC(Cc1ccc(C(C)(C)C)c(C(C)(C)C)c1)c1cc(C(C)(C)C)c(C(C)(C)C)c(C(C)(C)C)c1C(C)(C)C. The Kier molecular flexibility index (Phi) is 8.94. The molecule has 0 aliphatic rings. The summed E-state index contributed by atoms with van der Waals surface area (Å²) in [7, 11) is 0. The first-order chi connectivity index (χ1) is 17.1. The molecular weight excluding hydrogens is 468 g/mol. The zero-order chi connectivity index (χ0) is 30.7. The molecule has 0 spiro atoms. The summed E-state index contributed by atoms with van der Waals surface area (Å²) in [6, 6.07) is 9.96. The van der Waals surface area contributed by atoms with Crippen molar-refractivity contribution in [1.82, 2.24) is 0 Å². The molecule has 1 atom stereocenters. The summed E-state index contributed by atoms with van der Waals surface area (Å²) in [4.78, 5) is 0. The molecule has 1 unspecified atom stereocenters. The summed E-state index contributed by atoms with van der Waals surface area (Å²) in [6.07, 6.45) is 1.05. The smallest absolute Gasteiger partial charge is 0.0126 e. The van der Waals surface area contributed by atoms with Crippen molar-refractivity contribution in [3.05, 3.63) is 68.8 Å². The fourth-order valence-corrected chi connectivity index (χ4v) is 6.48. The molecular formula is C39H64. The lowest BCUT2D eigenvalue weighted by atomic mass is 9.62. The maximum Gasteiger partial charge on any atom is -0.0126 e. The first-order valence-electron chi connectivity index (χ1n) is 15.4. The Balaban J connectivity index is 2.94. The Bertz CT molecular complexity index is 1160. The standard InChI is InChI=1S/C39H64/c1-25(22-26-20-21-28(34(2,3)4)29(23-26)35(5,6)7)27-24-30(36(8,9)10)32(38(14,15)16)33(39(17,18)19)31(27)37(11,12)13/h20-21,23-25H,22H2,1-19H3. The average Bonchev–Trinajstić information content (AvgIpc) is 2.67. The molecule has 2 rings (SSSR count). The molecule has 0 aromatic heterocycles. The van der Waals surface area contributed by atoms with E-state index in [1.54, 1.807) is 22.3 Å². The first kappa shape index (κ1) is 33.6. The van der Waals surface area contributed by atoms with Crippen molar-refractivity contribution in [2.75, 3.05) is 0 Å². The molecule has 0 heteroatoms. The third-order valence-corrected chi connectivity index (χ3v) is 8.19. The molecule has 0 amide bonds. The molecule has 220 valence electrons. The molecule has 0 bridgehead atoms. The van der Waals surface area contributed by atoms with Crippen molar-refractivity contribution in [1.29, 1.82) is 0 Å². The average molecular weight is 533 g/mol. The lowest BCUT2D eigenvalue weighted by molar-refractivity contribution is 0.470. The van der Waals surface area contributed by atoms with Gasteiger partial charge in [-0.15, -0.1) is 0 Å². The molecule has 0 aliphatic carbocycles. The minimum atomic E-state index is 0.0503. The van der Waals surface area contributed by atoms with E-state index in [0.29, 0.717) is 5.92 Å². The van der Waals surface area contributed by atoms with Crippen molar-refractivity contribution in [3.8, 4) is 0 Å². The predicted molar refractivity (Wildman–Crippen MR) is 177 cm³/mol. The van der Waals surface area contributed by atoms with E-state index >= 15 is 0 Å². The molecule has 2 aromatic rings. The van der Waals surface area contributed by atoms with E-state index in [2.05, 4.69) is 156 Å². The highest BCUT2D eigenvalue weighted by Gasteiger charge is 2.38. The van der Waals surface area contributed by atoms with Crippen LogP contribution in [0.15, 0.2) is 24.3 Å². The van der Waals surface area contributed by atoms with E-state index < -0.39 is 0 Å². The summed E-state index contributed by atoms with van der Waals surface area (Å²) in [6.45, 7) is 45.5. The fraction of sp³-hybridized carbons (Fsp3) is 0.692. The molecule has 0 aliphatic heterocycles. The molecule has 0 N–H and O–H groups in total. The van der Waals surface area contributed by atoms with Crippen molar-refractivity contribution in [3.63, 3.8) is 0 Å². The van der Waals surface area contributed by atoms with Gasteiger partial charge in [-0.3, -0.25) is 0 Å². The molecule has 0 saturated heterocycles. The van der Waals surface area contributed by atoms with Crippen LogP contribution >= 0.6 is 0 Å². The Morgan fingerprint density at radius 2 is 0.846 bits per heavy atom. The third-order valence-electron chi connectivity index (χ3n) is 8.19. The van der Waals surface area contributed by atoms with Crippen LogP contribution in [-0.4, -0.2) is 0 Å². The number of hydrogen-bond acceptors (Lipinski definition) is 0. The number of rotatable bonds is 3. The van der Waals surface area contributed by atoms with Crippen LogP contribution in [0.4, 0.5) is 0 Å². The highest BCUT2D eigenvalue weighted by atomic mass is 14.4. The quantitative estimate of drug-likeness (QED) is 0.369. The normalized spacial score (nSPS) is 15.1. The van der Waals surface area contributed by atoms with Gasteiger partial charge in [-0.1, -0.05) is 156 Å². The molecule has 0 radical (unpaired) electrons. The van der Waals surface area contributed by atoms with Crippen LogP contribution in [0.25, 0.3) is 0 Å². The van der Waals surface area contributed by atoms with Gasteiger partial charge in [0.2, 0.25) is 0 Å². The molecule has 2 aromatic carbocycles. The van der Waals surface area contributed by atoms with Gasteiger partial charge in [0.05, 0.1) is 0 Å². The minimum absolute atomic E-state index is 0.0503. The van der Waals surface area contributed by atoms with E-state index in [1.165, 1.54) is 22.3 Å². The van der Waals surface area contributed by atoms with Crippen LogP contribution in [0.2, 0.25) is 0 Å². The summed E-state index contributed by atoms with van der Waals surface area (Å²) in [5.74, 6) is 0.420. The van der Waals surface area contributed by atoms with Crippen LogP contribution < -0.4 is 0 Å². The van der Waals surface area contributed by atoms with Gasteiger partial charge in [-0.05, 0) is 89.3 Å². The minimum Gasteiger partial charge on any atom is -0.0587 e. The summed E-state index contributed by atoms with van der Waals surface area (Å²) in [5.41, 5.74) is 12.7. The molecule has 39 heavy (non-hydrogen) atoms. The second-order valence-corrected chi connectivity index (χ2v) is 18.6. The van der Waals surface area contributed by atoms with Gasteiger partial charge in [-0.25, -0.2) is 0 Å². The Labute approximate surface area is 244 Å². The molecule has 0 heterocycles. The van der Waals surface area contributed by atoms with Crippen LogP contribution in [0.1, 0.15) is 182 Å². The van der Waals surface area contributed by atoms with Gasteiger partial charge in [-0.2, -0.15) is 0 Å². The van der Waals surface area contributed by atoms with E-state index in [-0.39, 0.29) is 32.5 Å². The second kappa shape index (κ2) is 10.4. The van der Waals surface area contributed by atoms with E-state index in [9.17, 15) is 0 Å². The van der Waals surface area contributed by atoms with Crippen molar-refractivity contribution in [2.24, 2.45) is 0 Å². The molecule has 0 saturated carbocycles. The van der Waals surface area contributed by atoms with Crippen molar-refractivity contribution in [2.45, 2.75) is 176 Å². The van der Waals surface area contributed by atoms with Crippen LogP contribution in [0, 0.1) is 0 Å². The van der Waals surface area contributed by atoms with Gasteiger partial charge in [0.15, 0.2) is 0 Å². The Morgan fingerprint density at radius 1 is 0.436 bits per heavy atom. The Hall–Kier alpha value is -1.56. The van der Waals surface area contributed by atoms with Crippen molar-refractivity contribution < 1.29 is 0 Å². The number of hydrogen-bond donors (Lipinski definition) is 0. The maximum absolute atomic E-state index is 2.62. The third kappa shape index (κ3) is 7.59. The zero-order valence-corrected chi connectivity index (χ0v) is 29.6. The lowest BCUT2D eigenvalue weighted by Gasteiger charge is -2.43. The largest absolute Gasteiger partial charge is 0.0587 e. The first-order valence-corrected chi connectivity index (χ1v) is 15.4. The topological polar surface area (TPSA) is 0 Å². The Morgan fingerprint density at radius 3 is 1.21 bits per heavy atom. The van der Waals surface area contributed by atoms with Crippen LogP contribution in [0.3, 0.4) is 0 Å². The predicted octanol–water partition coefficient (Wildman–Crippen LogP) is 11.8. The van der Waals surface area contributed by atoms with E-state index in [4.69, 9.17) is 0 Å². The fourth-order valence-electron chi connectivity index (χ4n) is 6.48. The number of benzene rings is 2. The van der Waals surface area contributed by atoms with Gasteiger partial charge >= 0.3 is 0 Å². The van der Waals surface area contributed by atoms with E-state index in [1.807, 2.05) is 0 Å². The second-order valence-electron chi connectivity index (χ2n) is 18.6. The van der Waals surface area contributed by atoms with E-state index in [0.717, 1.165) is 6.42 Å². The zero-order valence-electron chi connectivity index (χ0n) is 29.6. The van der Waals surface area contributed by atoms with Crippen LogP contribution in [-0.2, 0) is 38.9 Å². The summed E-state index contributed by atoms with van der Waals surface area (Å²) >= 11 is 0. The van der Waals surface area contributed by atoms with Crippen LogP contribution in [0.5, 0.6) is 0 Å².